The highest BCUT2D eigenvalue weighted by molar-refractivity contribution is 6.01. The summed E-state index contributed by atoms with van der Waals surface area (Å²) in [7, 11) is 6.92. The average molecular weight is 355 g/mol. The maximum absolute atomic E-state index is 13.1. The Bertz CT molecular complexity index is 816. The number of ketones is 1. The van der Waals surface area contributed by atoms with Crippen molar-refractivity contribution in [1.29, 1.82) is 0 Å². The number of nitrogens with zero attached hydrogens (tertiary/aromatic N) is 1. The monoisotopic (exact) mass is 355 g/mol. The molecule has 1 N–H and O–H groups in total. The zero-order valence-corrected chi connectivity index (χ0v) is 15.7. The lowest BCUT2D eigenvalue weighted by Gasteiger charge is -2.36. The molecule has 1 aliphatic rings. The van der Waals surface area contributed by atoms with E-state index in [0.29, 0.717) is 17.1 Å². The van der Waals surface area contributed by atoms with Crippen LogP contribution < -0.4 is 14.4 Å². The molecule has 0 bridgehead atoms. The number of Topliss-reactive ketones (excluding diaryl/α,β-unsaturated/α-hetero) is 1. The Hall–Kier alpha value is -2.69. The third kappa shape index (κ3) is 3.21. The molecule has 2 aromatic carbocycles. The van der Waals surface area contributed by atoms with Crippen LogP contribution in [0.5, 0.6) is 17.2 Å². The third-order valence-electron chi connectivity index (χ3n) is 5.19. The predicted octanol–water partition coefficient (Wildman–Crippen LogP) is 3.85. The second-order valence-electron chi connectivity index (χ2n) is 6.86. The lowest BCUT2D eigenvalue weighted by Crippen LogP contribution is -2.31. The number of phenols is 1. The summed E-state index contributed by atoms with van der Waals surface area (Å²) in [6.45, 7) is 0. The van der Waals surface area contributed by atoms with Crippen LogP contribution in [-0.4, -0.2) is 39.2 Å². The summed E-state index contributed by atoms with van der Waals surface area (Å²) in [5, 5.41) is 10.3. The van der Waals surface area contributed by atoms with Gasteiger partial charge in [-0.3, -0.25) is 4.79 Å². The zero-order valence-electron chi connectivity index (χ0n) is 15.7. The van der Waals surface area contributed by atoms with Gasteiger partial charge in [0.05, 0.1) is 25.5 Å². The number of aromatic hydroxyl groups is 1. The molecule has 0 amide bonds. The Morgan fingerprint density at radius 3 is 2.38 bits per heavy atom. The average Bonchev–Trinajstić information content (AvgIpc) is 2.59. The van der Waals surface area contributed by atoms with E-state index in [1.54, 1.807) is 38.5 Å². The van der Waals surface area contributed by atoms with Crippen LogP contribution >= 0.6 is 0 Å². The van der Waals surface area contributed by atoms with Gasteiger partial charge in [0.25, 0.3) is 0 Å². The van der Waals surface area contributed by atoms with Crippen LogP contribution in [0, 0.1) is 5.92 Å². The Labute approximate surface area is 154 Å². The Balaban J connectivity index is 1.87. The first-order chi connectivity index (χ1) is 12.5. The highest BCUT2D eigenvalue weighted by Gasteiger charge is 2.39. The minimum Gasteiger partial charge on any atom is -0.506 e. The molecule has 5 heteroatoms. The molecule has 138 valence electrons. The smallest absolute Gasteiger partial charge is 0.170 e. The van der Waals surface area contributed by atoms with Crippen molar-refractivity contribution in [2.75, 3.05) is 33.2 Å². The molecule has 2 aromatic rings. The molecule has 0 heterocycles. The molecule has 2 atom stereocenters. The zero-order chi connectivity index (χ0) is 18.8. The standard InChI is InChI=1S/C21H25NO4/c1-22(2)18-9-5-13(11-19(18)23)15-7-8-16(15)21(24)17-12-14(25-3)6-10-20(17)26-4/h5-6,9-12,15-16,23H,7-8H2,1-4H3. The fraction of sp³-hybridized carbons (Fsp3) is 0.381. The molecule has 0 aliphatic heterocycles. The van der Waals surface area contributed by atoms with Crippen molar-refractivity contribution >= 4 is 11.5 Å². The van der Waals surface area contributed by atoms with E-state index < -0.39 is 0 Å². The molecular weight excluding hydrogens is 330 g/mol. The quantitative estimate of drug-likeness (QED) is 0.798. The molecule has 1 fully saturated rings. The number of ether oxygens (including phenoxy) is 2. The fourth-order valence-electron chi connectivity index (χ4n) is 3.57. The van der Waals surface area contributed by atoms with Gasteiger partial charge < -0.3 is 19.5 Å². The molecule has 2 unspecified atom stereocenters. The summed E-state index contributed by atoms with van der Waals surface area (Å²) in [4.78, 5) is 15.0. The third-order valence-corrected chi connectivity index (χ3v) is 5.19. The second-order valence-corrected chi connectivity index (χ2v) is 6.86. The maximum atomic E-state index is 13.1. The number of hydrogen-bond donors (Lipinski definition) is 1. The molecule has 0 saturated heterocycles. The second kappa shape index (κ2) is 7.28. The minimum absolute atomic E-state index is 0.0631. The first kappa shape index (κ1) is 18.1. The summed E-state index contributed by atoms with van der Waals surface area (Å²) in [6.07, 6.45) is 1.77. The number of rotatable bonds is 6. The van der Waals surface area contributed by atoms with Crippen LogP contribution in [-0.2, 0) is 0 Å². The maximum Gasteiger partial charge on any atom is 0.170 e. The van der Waals surface area contributed by atoms with Crippen LogP contribution in [0.15, 0.2) is 36.4 Å². The van der Waals surface area contributed by atoms with Gasteiger partial charge >= 0.3 is 0 Å². The molecule has 0 aromatic heterocycles. The molecular formula is C21H25NO4. The Kier molecular flexibility index (Phi) is 5.07. The Morgan fingerprint density at radius 1 is 1.08 bits per heavy atom. The van der Waals surface area contributed by atoms with Crippen LogP contribution in [0.3, 0.4) is 0 Å². The normalized spacial score (nSPS) is 18.8. The molecule has 5 nitrogen and oxygen atoms in total. The topological polar surface area (TPSA) is 59.0 Å². The van der Waals surface area contributed by atoms with Gasteiger partial charge in [-0.05, 0) is 54.7 Å². The van der Waals surface area contributed by atoms with Crippen molar-refractivity contribution in [2.45, 2.75) is 18.8 Å². The summed E-state index contributed by atoms with van der Waals surface area (Å²) in [5.74, 6) is 1.50. The SMILES string of the molecule is COc1ccc(OC)c(C(=O)C2CCC2c2ccc(N(C)C)c(O)c2)c1. The predicted molar refractivity (Wildman–Crippen MR) is 102 cm³/mol. The first-order valence-corrected chi connectivity index (χ1v) is 8.72. The van der Waals surface area contributed by atoms with Crippen molar-refractivity contribution in [3.05, 3.63) is 47.5 Å². The van der Waals surface area contributed by atoms with Crippen LogP contribution in [0.1, 0.15) is 34.7 Å². The number of carbonyl (C=O) groups excluding carboxylic acids is 1. The lowest BCUT2D eigenvalue weighted by molar-refractivity contribution is 0.0815. The molecule has 1 aliphatic carbocycles. The molecule has 0 radical (unpaired) electrons. The lowest BCUT2D eigenvalue weighted by atomic mass is 9.67. The summed E-state index contributed by atoms with van der Waals surface area (Å²) in [5.41, 5.74) is 2.32. The van der Waals surface area contributed by atoms with Gasteiger partial charge in [0.1, 0.15) is 17.2 Å². The molecule has 1 saturated carbocycles. The van der Waals surface area contributed by atoms with E-state index >= 15 is 0 Å². The van der Waals surface area contributed by atoms with Gasteiger partial charge in [0.15, 0.2) is 5.78 Å². The van der Waals surface area contributed by atoms with Crippen molar-refractivity contribution in [1.82, 2.24) is 0 Å². The van der Waals surface area contributed by atoms with Crippen molar-refractivity contribution < 1.29 is 19.4 Å². The number of carbonyl (C=O) groups is 1. The largest absolute Gasteiger partial charge is 0.506 e. The van der Waals surface area contributed by atoms with E-state index in [4.69, 9.17) is 9.47 Å². The summed E-state index contributed by atoms with van der Waals surface area (Å²) >= 11 is 0. The molecule has 0 spiro atoms. The number of anilines is 1. The van der Waals surface area contributed by atoms with Gasteiger partial charge in [-0.25, -0.2) is 0 Å². The minimum atomic E-state index is -0.111. The fourth-order valence-corrected chi connectivity index (χ4v) is 3.57. The van der Waals surface area contributed by atoms with E-state index in [1.165, 1.54) is 0 Å². The van der Waals surface area contributed by atoms with Gasteiger partial charge in [-0.2, -0.15) is 0 Å². The van der Waals surface area contributed by atoms with E-state index in [1.807, 2.05) is 31.1 Å². The van der Waals surface area contributed by atoms with Crippen molar-refractivity contribution in [2.24, 2.45) is 5.92 Å². The van der Waals surface area contributed by atoms with E-state index in [9.17, 15) is 9.90 Å². The van der Waals surface area contributed by atoms with E-state index in [2.05, 4.69) is 0 Å². The van der Waals surface area contributed by atoms with Gasteiger partial charge in [0, 0.05) is 20.0 Å². The van der Waals surface area contributed by atoms with E-state index in [-0.39, 0.29) is 23.4 Å². The highest BCUT2D eigenvalue weighted by atomic mass is 16.5. The summed E-state index contributed by atoms with van der Waals surface area (Å²) in [6, 6.07) is 11.0. The molecule has 26 heavy (non-hydrogen) atoms. The van der Waals surface area contributed by atoms with Crippen LogP contribution in [0.2, 0.25) is 0 Å². The number of hydrogen-bond acceptors (Lipinski definition) is 5. The van der Waals surface area contributed by atoms with Gasteiger partial charge in [0.2, 0.25) is 0 Å². The van der Waals surface area contributed by atoms with Crippen LogP contribution in [0.4, 0.5) is 5.69 Å². The van der Waals surface area contributed by atoms with E-state index in [0.717, 1.165) is 24.1 Å². The number of phenolic OH excluding ortho intramolecular Hbond substituents is 1. The van der Waals surface area contributed by atoms with Crippen LogP contribution in [0.25, 0.3) is 0 Å². The van der Waals surface area contributed by atoms with Gasteiger partial charge in [-0.1, -0.05) is 6.07 Å². The Morgan fingerprint density at radius 2 is 1.85 bits per heavy atom. The number of methoxy groups -OCH3 is 2. The van der Waals surface area contributed by atoms with Crippen molar-refractivity contribution in [3.63, 3.8) is 0 Å². The highest BCUT2D eigenvalue weighted by Crippen LogP contribution is 2.46. The van der Waals surface area contributed by atoms with Crippen molar-refractivity contribution in [3.8, 4) is 17.2 Å². The van der Waals surface area contributed by atoms with Gasteiger partial charge in [-0.15, -0.1) is 0 Å². The summed E-state index contributed by atoms with van der Waals surface area (Å²) < 4.78 is 10.6. The first-order valence-electron chi connectivity index (χ1n) is 8.72. The number of benzene rings is 2. The molecule has 3 rings (SSSR count).